The van der Waals surface area contributed by atoms with Crippen molar-refractivity contribution in [3.05, 3.63) is 65.0 Å². The van der Waals surface area contributed by atoms with Gasteiger partial charge in [-0.15, -0.1) is 24.0 Å². The van der Waals surface area contributed by atoms with Crippen molar-refractivity contribution < 1.29 is 9.50 Å². The fourth-order valence-corrected chi connectivity index (χ4v) is 2.27. The maximum absolute atomic E-state index is 13.3. The number of nitrogens with zero attached hydrogens (tertiary/aromatic N) is 2. The lowest BCUT2D eigenvalue weighted by Crippen LogP contribution is -2.38. The van der Waals surface area contributed by atoms with Gasteiger partial charge in [-0.1, -0.05) is 35.9 Å². The lowest BCUT2D eigenvalue weighted by atomic mass is 10.1. The SMILES string of the molecule is CN=C(NCc1ccc(O)c(F)c1)N(C)Cc1ccc(C)cc1.I. The molecule has 0 heterocycles. The first kappa shape index (κ1) is 20.2. The van der Waals surface area contributed by atoms with Gasteiger partial charge in [-0.25, -0.2) is 4.39 Å². The highest BCUT2D eigenvalue weighted by Crippen LogP contribution is 2.16. The number of guanidine groups is 1. The molecule has 0 atom stereocenters. The second-order valence-corrected chi connectivity index (χ2v) is 5.53. The van der Waals surface area contributed by atoms with Crippen LogP contribution in [0.2, 0.25) is 0 Å². The van der Waals surface area contributed by atoms with E-state index in [0.29, 0.717) is 6.54 Å². The summed E-state index contributed by atoms with van der Waals surface area (Å²) in [5.41, 5.74) is 3.16. The van der Waals surface area contributed by atoms with Gasteiger partial charge in [0.1, 0.15) is 0 Å². The average Bonchev–Trinajstić information content (AvgIpc) is 2.53. The van der Waals surface area contributed by atoms with Crippen molar-refractivity contribution in [2.75, 3.05) is 14.1 Å². The van der Waals surface area contributed by atoms with Gasteiger partial charge in [-0.3, -0.25) is 4.99 Å². The van der Waals surface area contributed by atoms with E-state index >= 15 is 0 Å². The minimum absolute atomic E-state index is 0. The van der Waals surface area contributed by atoms with Gasteiger partial charge in [0.05, 0.1) is 0 Å². The Morgan fingerprint density at radius 3 is 2.38 bits per heavy atom. The fourth-order valence-electron chi connectivity index (χ4n) is 2.27. The third-order valence-corrected chi connectivity index (χ3v) is 3.58. The van der Waals surface area contributed by atoms with Crippen LogP contribution < -0.4 is 5.32 Å². The van der Waals surface area contributed by atoms with Crippen LogP contribution in [0.25, 0.3) is 0 Å². The number of nitrogens with one attached hydrogen (secondary N) is 1. The molecule has 2 aromatic rings. The summed E-state index contributed by atoms with van der Waals surface area (Å²) in [6.45, 7) is 3.22. The maximum atomic E-state index is 13.3. The Morgan fingerprint density at radius 1 is 1.17 bits per heavy atom. The van der Waals surface area contributed by atoms with Gasteiger partial charge in [-0.2, -0.15) is 0 Å². The molecule has 0 radical (unpaired) electrons. The molecule has 6 heteroatoms. The van der Waals surface area contributed by atoms with Crippen LogP contribution in [0.3, 0.4) is 0 Å². The van der Waals surface area contributed by atoms with Crippen molar-refractivity contribution >= 4 is 29.9 Å². The van der Waals surface area contributed by atoms with Gasteiger partial charge in [0, 0.05) is 27.2 Å². The Kier molecular flexibility index (Phi) is 7.97. The standard InChI is InChI=1S/C18H22FN3O.HI/c1-13-4-6-14(7-5-13)12-22(3)18(20-2)21-11-15-8-9-17(23)16(19)10-15;/h4-10,23H,11-12H2,1-3H3,(H,20,21);1H. The molecule has 0 fully saturated rings. The molecule has 2 rings (SSSR count). The Labute approximate surface area is 159 Å². The summed E-state index contributed by atoms with van der Waals surface area (Å²) in [6, 6.07) is 12.7. The molecular weight excluding hydrogens is 420 g/mol. The van der Waals surface area contributed by atoms with Crippen LogP contribution in [0.1, 0.15) is 16.7 Å². The van der Waals surface area contributed by atoms with Crippen LogP contribution >= 0.6 is 24.0 Å². The van der Waals surface area contributed by atoms with E-state index in [2.05, 4.69) is 41.5 Å². The summed E-state index contributed by atoms with van der Waals surface area (Å²) in [6.07, 6.45) is 0. The lowest BCUT2D eigenvalue weighted by Gasteiger charge is -2.22. The molecule has 0 aliphatic carbocycles. The average molecular weight is 443 g/mol. The number of rotatable bonds is 4. The predicted molar refractivity (Wildman–Crippen MR) is 106 cm³/mol. The van der Waals surface area contributed by atoms with Crippen molar-refractivity contribution in [2.45, 2.75) is 20.0 Å². The number of hydrogen-bond acceptors (Lipinski definition) is 2. The van der Waals surface area contributed by atoms with Gasteiger partial charge in [-0.05, 0) is 30.2 Å². The van der Waals surface area contributed by atoms with Gasteiger partial charge in [0.2, 0.25) is 0 Å². The summed E-state index contributed by atoms with van der Waals surface area (Å²) in [5, 5.41) is 12.4. The molecule has 2 N–H and O–H groups in total. The van der Waals surface area contributed by atoms with Crippen LogP contribution in [-0.4, -0.2) is 30.1 Å². The van der Waals surface area contributed by atoms with Gasteiger partial charge in [0.25, 0.3) is 0 Å². The number of halogens is 2. The molecule has 0 amide bonds. The van der Waals surface area contributed by atoms with Crippen molar-refractivity contribution in [3.8, 4) is 5.75 Å². The summed E-state index contributed by atoms with van der Waals surface area (Å²) in [4.78, 5) is 6.25. The Bertz CT molecular complexity index is 689. The molecule has 0 saturated carbocycles. The molecule has 130 valence electrons. The van der Waals surface area contributed by atoms with E-state index in [-0.39, 0.29) is 29.7 Å². The Morgan fingerprint density at radius 2 is 1.79 bits per heavy atom. The van der Waals surface area contributed by atoms with E-state index in [4.69, 9.17) is 0 Å². The first-order valence-corrected chi connectivity index (χ1v) is 7.44. The first-order valence-electron chi connectivity index (χ1n) is 7.44. The number of benzene rings is 2. The van der Waals surface area contributed by atoms with Crippen LogP contribution in [0, 0.1) is 12.7 Å². The van der Waals surface area contributed by atoms with Crippen LogP contribution in [0.15, 0.2) is 47.5 Å². The second-order valence-electron chi connectivity index (χ2n) is 5.53. The second kappa shape index (κ2) is 9.46. The number of aliphatic imine (C=N–C) groups is 1. The molecule has 0 aliphatic heterocycles. The molecule has 0 unspecified atom stereocenters. The quantitative estimate of drug-likeness (QED) is 0.431. The topological polar surface area (TPSA) is 47.9 Å². The largest absolute Gasteiger partial charge is 0.505 e. The highest BCUT2D eigenvalue weighted by atomic mass is 127. The van der Waals surface area contributed by atoms with Gasteiger partial charge < -0.3 is 15.3 Å². The van der Waals surface area contributed by atoms with Crippen molar-refractivity contribution in [2.24, 2.45) is 4.99 Å². The molecule has 24 heavy (non-hydrogen) atoms. The van der Waals surface area contributed by atoms with Crippen molar-refractivity contribution in [1.82, 2.24) is 10.2 Å². The molecule has 0 spiro atoms. The fraction of sp³-hybridized carbons (Fsp3) is 0.278. The molecule has 0 aliphatic rings. The van der Waals surface area contributed by atoms with E-state index in [1.54, 1.807) is 13.1 Å². The minimum Gasteiger partial charge on any atom is -0.505 e. The van der Waals surface area contributed by atoms with E-state index in [1.165, 1.54) is 23.3 Å². The number of phenols is 1. The Balaban J connectivity index is 0.00000288. The molecule has 0 bridgehead atoms. The number of aromatic hydroxyl groups is 1. The highest BCUT2D eigenvalue weighted by Gasteiger charge is 2.07. The molecule has 0 saturated heterocycles. The maximum Gasteiger partial charge on any atom is 0.193 e. The summed E-state index contributed by atoms with van der Waals surface area (Å²) in [7, 11) is 3.66. The third kappa shape index (κ3) is 5.67. The molecule has 0 aromatic heterocycles. The number of hydrogen-bond donors (Lipinski definition) is 2. The third-order valence-electron chi connectivity index (χ3n) is 3.58. The smallest absolute Gasteiger partial charge is 0.193 e. The zero-order valence-corrected chi connectivity index (χ0v) is 16.4. The first-order chi connectivity index (χ1) is 11.0. The van der Waals surface area contributed by atoms with Crippen LogP contribution in [0.5, 0.6) is 5.75 Å². The highest BCUT2D eigenvalue weighted by molar-refractivity contribution is 14.0. The summed E-state index contributed by atoms with van der Waals surface area (Å²) >= 11 is 0. The van der Waals surface area contributed by atoms with Crippen LogP contribution in [0.4, 0.5) is 4.39 Å². The predicted octanol–water partition coefficient (Wildman–Crippen LogP) is 3.67. The monoisotopic (exact) mass is 443 g/mol. The molecular formula is C18H23FIN3O. The molecule has 4 nitrogen and oxygen atoms in total. The number of aryl methyl sites for hydroxylation is 1. The Hall–Kier alpha value is -1.83. The minimum atomic E-state index is -0.618. The lowest BCUT2D eigenvalue weighted by molar-refractivity contribution is 0.431. The van der Waals surface area contributed by atoms with E-state index in [0.717, 1.165) is 18.1 Å². The van der Waals surface area contributed by atoms with Crippen molar-refractivity contribution in [3.63, 3.8) is 0 Å². The zero-order chi connectivity index (χ0) is 16.8. The number of phenolic OH excluding ortho intramolecular Hbond substituents is 1. The van der Waals surface area contributed by atoms with Crippen LogP contribution in [-0.2, 0) is 13.1 Å². The zero-order valence-electron chi connectivity index (χ0n) is 14.1. The van der Waals surface area contributed by atoms with Gasteiger partial charge in [0.15, 0.2) is 17.5 Å². The van der Waals surface area contributed by atoms with E-state index in [1.807, 2.05) is 11.9 Å². The van der Waals surface area contributed by atoms with Gasteiger partial charge >= 0.3 is 0 Å². The van der Waals surface area contributed by atoms with Crippen molar-refractivity contribution in [1.29, 1.82) is 0 Å². The van der Waals surface area contributed by atoms with E-state index in [9.17, 15) is 9.50 Å². The van der Waals surface area contributed by atoms with E-state index < -0.39 is 5.82 Å². The normalized spacial score (nSPS) is 10.9. The summed E-state index contributed by atoms with van der Waals surface area (Å²) in [5.74, 6) is -0.235. The summed E-state index contributed by atoms with van der Waals surface area (Å²) < 4.78 is 13.3. The molecule has 2 aromatic carbocycles.